The van der Waals surface area contributed by atoms with Crippen molar-refractivity contribution in [3.05, 3.63) is 35.6 Å². The Balaban J connectivity index is 0.00000162. The van der Waals surface area contributed by atoms with Crippen LogP contribution >= 0.6 is 12.4 Å². The third kappa shape index (κ3) is 2.83. The first-order valence-electron chi connectivity index (χ1n) is 5.74. The van der Waals surface area contributed by atoms with Crippen molar-refractivity contribution in [3.63, 3.8) is 0 Å². The lowest BCUT2D eigenvalue weighted by Crippen LogP contribution is -2.63. The number of rotatable bonds is 1. The van der Waals surface area contributed by atoms with E-state index in [1.54, 1.807) is 12.1 Å². The summed E-state index contributed by atoms with van der Waals surface area (Å²) in [5.41, 5.74) is 0.389. The molecule has 18 heavy (non-hydrogen) atoms. The van der Waals surface area contributed by atoms with Gasteiger partial charge in [0.25, 0.3) is 0 Å². The Bertz CT molecular complexity index is 410. The van der Waals surface area contributed by atoms with Crippen molar-refractivity contribution >= 4 is 12.4 Å². The lowest BCUT2D eigenvalue weighted by molar-refractivity contribution is -0.263. The summed E-state index contributed by atoms with van der Waals surface area (Å²) < 4.78 is 18.5. The first-order chi connectivity index (χ1) is 7.83. The Hall–Kier alpha value is -0.680. The van der Waals surface area contributed by atoms with Crippen molar-refractivity contribution in [2.75, 3.05) is 6.61 Å². The number of hydrogen-bond donors (Lipinski definition) is 2. The fourth-order valence-corrected chi connectivity index (χ4v) is 2.16. The quantitative estimate of drug-likeness (QED) is 0.825. The Morgan fingerprint density at radius 3 is 2.39 bits per heavy atom. The molecule has 1 aromatic carbocycles. The van der Waals surface area contributed by atoms with Crippen LogP contribution in [0.25, 0.3) is 0 Å². The van der Waals surface area contributed by atoms with Gasteiger partial charge in [-0.2, -0.15) is 0 Å². The molecule has 0 bridgehead atoms. The normalized spacial score (nSPS) is 30.6. The smallest absolute Gasteiger partial charge is 0.208 e. The summed E-state index contributed by atoms with van der Waals surface area (Å²) in [6.45, 7) is 6.26. The molecule has 1 heterocycles. The van der Waals surface area contributed by atoms with Crippen LogP contribution in [0.5, 0.6) is 0 Å². The second kappa shape index (κ2) is 5.13. The van der Waals surface area contributed by atoms with Gasteiger partial charge in [-0.15, -0.1) is 12.4 Å². The Kier molecular flexibility index (Phi) is 4.38. The Labute approximate surface area is 113 Å². The van der Waals surface area contributed by atoms with Crippen molar-refractivity contribution in [1.29, 1.82) is 0 Å². The summed E-state index contributed by atoms with van der Waals surface area (Å²) in [6.07, 6.45) is 0. The molecule has 0 aromatic heterocycles. The second-order valence-electron chi connectivity index (χ2n) is 5.24. The van der Waals surface area contributed by atoms with Gasteiger partial charge in [-0.1, -0.05) is 12.1 Å². The fourth-order valence-electron chi connectivity index (χ4n) is 2.16. The Morgan fingerprint density at radius 2 is 1.89 bits per heavy atom. The van der Waals surface area contributed by atoms with Crippen molar-refractivity contribution in [3.8, 4) is 0 Å². The molecule has 2 atom stereocenters. The van der Waals surface area contributed by atoms with Crippen molar-refractivity contribution in [2.45, 2.75) is 38.1 Å². The summed E-state index contributed by atoms with van der Waals surface area (Å²) >= 11 is 0. The first-order valence-corrected chi connectivity index (χ1v) is 5.74. The fraction of sp³-hybridized carbons (Fsp3) is 0.538. The molecule has 1 aliphatic rings. The summed E-state index contributed by atoms with van der Waals surface area (Å²) in [5, 5.41) is 13.8. The molecule has 2 N–H and O–H groups in total. The molecular weight excluding hydrogens is 257 g/mol. The molecule has 0 aliphatic carbocycles. The zero-order chi connectivity index (χ0) is 12.7. The molecule has 0 saturated carbocycles. The van der Waals surface area contributed by atoms with Gasteiger partial charge in [0.05, 0.1) is 12.6 Å². The second-order valence-corrected chi connectivity index (χ2v) is 5.24. The summed E-state index contributed by atoms with van der Waals surface area (Å²) in [5.74, 6) is -1.72. The molecule has 0 spiro atoms. The lowest BCUT2D eigenvalue weighted by atomic mass is 9.92. The lowest BCUT2D eigenvalue weighted by Gasteiger charge is -2.46. The average molecular weight is 276 g/mol. The highest BCUT2D eigenvalue weighted by Gasteiger charge is 2.44. The minimum absolute atomic E-state index is 0. The minimum atomic E-state index is -1.40. The summed E-state index contributed by atoms with van der Waals surface area (Å²) in [4.78, 5) is 0. The maximum absolute atomic E-state index is 12.9. The third-order valence-corrected chi connectivity index (χ3v) is 3.11. The van der Waals surface area contributed by atoms with Crippen molar-refractivity contribution < 1.29 is 14.2 Å². The zero-order valence-electron chi connectivity index (χ0n) is 10.7. The van der Waals surface area contributed by atoms with E-state index in [9.17, 15) is 9.50 Å². The minimum Gasteiger partial charge on any atom is -0.361 e. The standard InChI is InChI=1S/C13H18FNO2.ClH/c1-9-13(16,17-8-12(2,3)15-9)10-4-6-11(14)7-5-10;/h4-7,9,15-16H,8H2,1-3H3;1H. The number of nitrogens with one attached hydrogen (secondary N) is 1. The predicted molar refractivity (Wildman–Crippen MR) is 70.2 cm³/mol. The van der Waals surface area contributed by atoms with Crippen LogP contribution in [0.4, 0.5) is 4.39 Å². The molecule has 1 aromatic rings. The molecule has 102 valence electrons. The van der Waals surface area contributed by atoms with Gasteiger partial charge in [0, 0.05) is 11.1 Å². The molecule has 2 unspecified atom stereocenters. The van der Waals surface area contributed by atoms with Gasteiger partial charge in [-0.3, -0.25) is 0 Å². The number of benzene rings is 1. The number of halogens is 2. The van der Waals surface area contributed by atoms with E-state index in [0.29, 0.717) is 12.2 Å². The van der Waals surface area contributed by atoms with E-state index >= 15 is 0 Å². The molecule has 1 fully saturated rings. The van der Waals surface area contributed by atoms with Gasteiger partial charge in [0.1, 0.15) is 5.82 Å². The average Bonchev–Trinajstić information content (AvgIpc) is 2.25. The number of aliphatic hydroxyl groups is 1. The van der Waals surface area contributed by atoms with E-state index in [4.69, 9.17) is 4.74 Å². The van der Waals surface area contributed by atoms with Crippen LogP contribution < -0.4 is 5.32 Å². The maximum atomic E-state index is 12.9. The van der Waals surface area contributed by atoms with E-state index < -0.39 is 5.79 Å². The van der Waals surface area contributed by atoms with E-state index in [0.717, 1.165) is 0 Å². The van der Waals surface area contributed by atoms with Gasteiger partial charge in [0.15, 0.2) is 0 Å². The third-order valence-electron chi connectivity index (χ3n) is 3.11. The van der Waals surface area contributed by atoms with Gasteiger partial charge in [-0.25, -0.2) is 4.39 Å². The number of ether oxygens (including phenoxy) is 1. The van der Waals surface area contributed by atoms with Crippen LogP contribution in [-0.2, 0) is 10.5 Å². The molecule has 2 rings (SSSR count). The number of hydrogen-bond acceptors (Lipinski definition) is 3. The van der Waals surface area contributed by atoms with Crippen LogP contribution in [0.2, 0.25) is 0 Å². The topological polar surface area (TPSA) is 41.5 Å². The van der Waals surface area contributed by atoms with Crippen LogP contribution in [0.3, 0.4) is 0 Å². The van der Waals surface area contributed by atoms with E-state index in [1.165, 1.54) is 12.1 Å². The van der Waals surface area contributed by atoms with Crippen molar-refractivity contribution in [2.24, 2.45) is 0 Å². The molecule has 5 heteroatoms. The molecule has 1 saturated heterocycles. The highest BCUT2D eigenvalue weighted by molar-refractivity contribution is 5.85. The zero-order valence-corrected chi connectivity index (χ0v) is 11.6. The van der Waals surface area contributed by atoms with Crippen molar-refractivity contribution in [1.82, 2.24) is 5.32 Å². The van der Waals surface area contributed by atoms with Crippen LogP contribution in [-0.4, -0.2) is 23.3 Å². The Morgan fingerprint density at radius 1 is 1.33 bits per heavy atom. The highest BCUT2D eigenvalue weighted by atomic mass is 35.5. The summed E-state index contributed by atoms with van der Waals surface area (Å²) in [6, 6.07) is 5.47. The van der Waals surface area contributed by atoms with E-state index in [2.05, 4.69) is 5.32 Å². The molecule has 0 radical (unpaired) electrons. The van der Waals surface area contributed by atoms with Crippen LogP contribution in [0.15, 0.2) is 24.3 Å². The maximum Gasteiger partial charge on any atom is 0.208 e. The monoisotopic (exact) mass is 275 g/mol. The number of morpholine rings is 1. The molecule has 3 nitrogen and oxygen atoms in total. The largest absolute Gasteiger partial charge is 0.361 e. The highest BCUT2D eigenvalue weighted by Crippen LogP contribution is 2.32. The van der Waals surface area contributed by atoms with Gasteiger partial charge in [0.2, 0.25) is 5.79 Å². The SMILES string of the molecule is CC1NC(C)(C)COC1(O)c1ccc(F)cc1.Cl. The van der Waals surface area contributed by atoms with E-state index in [1.807, 2.05) is 20.8 Å². The summed E-state index contributed by atoms with van der Waals surface area (Å²) in [7, 11) is 0. The van der Waals surface area contributed by atoms with Gasteiger partial charge >= 0.3 is 0 Å². The molecule has 0 amide bonds. The van der Waals surface area contributed by atoms with Gasteiger partial charge in [-0.05, 0) is 32.9 Å². The van der Waals surface area contributed by atoms with Gasteiger partial charge < -0.3 is 15.2 Å². The molecule has 1 aliphatic heterocycles. The first kappa shape index (κ1) is 15.4. The molecular formula is C13H19ClFNO2. The van der Waals surface area contributed by atoms with Crippen LogP contribution in [0, 0.1) is 5.82 Å². The van der Waals surface area contributed by atoms with E-state index in [-0.39, 0.29) is 29.8 Å². The predicted octanol–water partition coefficient (Wildman–Crippen LogP) is 2.18. The van der Waals surface area contributed by atoms with Crippen LogP contribution in [0.1, 0.15) is 26.3 Å².